The van der Waals surface area contributed by atoms with Crippen molar-refractivity contribution < 1.29 is 31.5 Å². The van der Waals surface area contributed by atoms with Crippen molar-refractivity contribution in [2.24, 2.45) is 0 Å². The molecule has 0 saturated carbocycles. The van der Waals surface area contributed by atoms with E-state index in [4.69, 9.17) is 5.11 Å². The van der Waals surface area contributed by atoms with Crippen LogP contribution < -0.4 is 10.0 Å². The average molecular weight is 340 g/mol. The molecule has 10 heteroatoms. The molecule has 1 rings (SSSR count). The molecule has 0 aromatic heterocycles. The lowest BCUT2D eigenvalue weighted by molar-refractivity contribution is -0.137. The van der Waals surface area contributed by atoms with E-state index >= 15 is 0 Å². The molecule has 0 aliphatic rings. The van der Waals surface area contributed by atoms with Crippen LogP contribution in [0.4, 0.5) is 13.2 Å². The van der Waals surface area contributed by atoms with Crippen LogP contribution in [0.15, 0.2) is 23.1 Å². The molecule has 0 aliphatic heterocycles. The summed E-state index contributed by atoms with van der Waals surface area (Å²) >= 11 is 0. The lowest BCUT2D eigenvalue weighted by Crippen LogP contribution is -2.47. The minimum Gasteiger partial charge on any atom is -0.394 e. The Morgan fingerprint density at radius 3 is 2.36 bits per heavy atom. The molecule has 124 valence electrons. The van der Waals surface area contributed by atoms with Crippen LogP contribution >= 0.6 is 0 Å². The van der Waals surface area contributed by atoms with Crippen LogP contribution in [0.3, 0.4) is 0 Å². The quantitative estimate of drug-likeness (QED) is 0.723. The second-order valence-corrected chi connectivity index (χ2v) is 6.13. The average Bonchev–Trinajstić information content (AvgIpc) is 2.42. The largest absolute Gasteiger partial charge is 0.416 e. The molecule has 1 aromatic rings. The second-order valence-electron chi connectivity index (χ2n) is 4.45. The SMILES string of the molecule is CNC(=O)[C@H](CO)NS(=O)(=O)c1ccc(C(F)(F)F)cc1C. The van der Waals surface area contributed by atoms with Crippen molar-refractivity contribution in [3.63, 3.8) is 0 Å². The fraction of sp³-hybridized carbons (Fsp3) is 0.417. The monoisotopic (exact) mass is 340 g/mol. The third-order valence-corrected chi connectivity index (χ3v) is 4.47. The van der Waals surface area contributed by atoms with Gasteiger partial charge in [0.2, 0.25) is 15.9 Å². The minimum absolute atomic E-state index is 0.129. The van der Waals surface area contributed by atoms with Gasteiger partial charge in [0.05, 0.1) is 17.1 Å². The van der Waals surface area contributed by atoms with Gasteiger partial charge in [-0.15, -0.1) is 0 Å². The number of aryl methyl sites for hydroxylation is 1. The fourth-order valence-corrected chi connectivity index (χ4v) is 3.14. The number of hydrogen-bond donors (Lipinski definition) is 3. The lowest BCUT2D eigenvalue weighted by atomic mass is 10.1. The first-order valence-corrected chi connectivity index (χ1v) is 7.54. The van der Waals surface area contributed by atoms with E-state index in [-0.39, 0.29) is 5.56 Å². The van der Waals surface area contributed by atoms with Gasteiger partial charge >= 0.3 is 6.18 Å². The molecule has 1 atom stereocenters. The summed E-state index contributed by atoms with van der Waals surface area (Å²) in [6.45, 7) is 0.413. The Kier molecular flexibility index (Phi) is 5.54. The van der Waals surface area contributed by atoms with Crippen LogP contribution in [0, 0.1) is 6.92 Å². The van der Waals surface area contributed by atoms with E-state index in [9.17, 15) is 26.4 Å². The normalized spacial score (nSPS) is 13.7. The number of likely N-dealkylation sites (N-methyl/N-ethyl adjacent to an activating group) is 1. The van der Waals surface area contributed by atoms with E-state index in [1.54, 1.807) is 0 Å². The Hall–Kier alpha value is -1.65. The number of benzene rings is 1. The number of aliphatic hydroxyl groups excluding tert-OH is 1. The molecule has 3 N–H and O–H groups in total. The molecule has 0 spiro atoms. The maximum atomic E-state index is 12.6. The number of alkyl halides is 3. The summed E-state index contributed by atoms with van der Waals surface area (Å²) < 4.78 is 63.9. The second kappa shape index (κ2) is 6.63. The summed E-state index contributed by atoms with van der Waals surface area (Å²) in [5.74, 6) is -0.768. The molecule has 1 aromatic carbocycles. The number of aliphatic hydroxyl groups is 1. The van der Waals surface area contributed by atoms with Crippen LogP contribution in [-0.4, -0.2) is 39.1 Å². The maximum absolute atomic E-state index is 12.6. The van der Waals surface area contributed by atoms with E-state index in [1.165, 1.54) is 14.0 Å². The Morgan fingerprint density at radius 1 is 1.36 bits per heavy atom. The lowest BCUT2D eigenvalue weighted by Gasteiger charge is -2.17. The molecule has 0 radical (unpaired) electrons. The molecule has 0 unspecified atom stereocenters. The summed E-state index contributed by atoms with van der Waals surface area (Å²) in [6.07, 6.45) is -4.59. The number of carbonyl (C=O) groups is 1. The van der Waals surface area contributed by atoms with Gasteiger partial charge in [-0.25, -0.2) is 8.42 Å². The third kappa shape index (κ3) is 4.18. The number of halogens is 3. The van der Waals surface area contributed by atoms with Crippen LogP contribution in [0.2, 0.25) is 0 Å². The molecule has 0 saturated heterocycles. The fourth-order valence-electron chi connectivity index (χ4n) is 1.73. The summed E-state index contributed by atoms with van der Waals surface area (Å²) in [4.78, 5) is 11.0. The highest BCUT2D eigenvalue weighted by atomic mass is 32.2. The van der Waals surface area contributed by atoms with Crippen LogP contribution in [-0.2, 0) is 21.0 Å². The van der Waals surface area contributed by atoms with E-state index in [0.29, 0.717) is 12.1 Å². The number of hydrogen-bond acceptors (Lipinski definition) is 4. The molecule has 0 aliphatic carbocycles. The zero-order chi connectivity index (χ0) is 17.1. The van der Waals surface area contributed by atoms with E-state index in [2.05, 4.69) is 5.32 Å². The van der Waals surface area contributed by atoms with Gasteiger partial charge in [0.15, 0.2) is 0 Å². The van der Waals surface area contributed by atoms with E-state index in [0.717, 1.165) is 6.07 Å². The van der Waals surface area contributed by atoms with Crippen LogP contribution in [0.1, 0.15) is 11.1 Å². The predicted molar refractivity (Wildman–Crippen MR) is 71.4 cm³/mol. The van der Waals surface area contributed by atoms with Crippen molar-refractivity contribution >= 4 is 15.9 Å². The number of amides is 1. The van der Waals surface area contributed by atoms with Crippen molar-refractivity contribution in [1.82, 2.24) is 10.0 Å². The minimum atomic E-state index is -4.59. The van der Waals surface area contributed by atoms with Gasteiger partial charge in [0.1, 0.15) is 6.04 Å². The summed E-state index contributed by atoms with van der Waals surface area (Å²) in [7, 11) is -3.01. The predicted octanol–water partition coefficient (Wildman–Crippen LogP) is 0.399. The van der Waals surface area contributed by atoms with Gasteiger partial charge in [-0.3, -0.25) is 4.79 Å². The molecule has 6 nitrogen and oxygen atoms in total. The Morgan fingerprint density at radius 2 is 1.95 bits per heavy atom. The van der Waals surface area contributed by atoms with E-state index < -0.39 is 45.2 Å². The van der Waals surface area contributed by atoms with E-state index in [1.807, 2.05) is 4.72 Å². The van der Waals surface area contributed by atoms with Gasteiger partial charge in [-0.2, -0.15) is 17.9 Å². The van der Waals surface area contributed by atoms with Crippen molar-refractivity contribution in [3.05, 3.63) is 29.3 Å². The summed E-state index contributed by atoms with van der Waals surface area (Å²) in [5.41, 5.74) is -1.11. The maximum Gasteiger partial charge on any atom is 0.416 e. The first-order chi connectivity index (χ1) is 10.0. The molecule has 0 heterocycles. The first-order valence-electron chi connectivity index (χ1n) is 6.05. The van der Waals surface area contributed by atoms with Gasteiger partial charge in [-0.1, -0.05) is 0 Å². The van der Waals surface area contributed by atoms with Gasteiger partial charge in [0, 0.05) is 7.05 Å². The highest BCUT2D eigenvalue weighted by Gasteiger charge is 2.32. The van der Waals surface area contributed by atoms with Crippen LogP contribution in [0.5, 0.6) is 0 Å². The Bertz CT molecular complexity index is 659. The van der Waals surface area contributed by atoms with Crippen molar-refractivity contribution in [2.45, 2.75) is 24.0 Å². The molecule has 1 amide bonds. The molecule has 0 fully saturated rings. The smallest absolute Gasteiger partial charge is 0.394 e. The number of sulfonamides is 1. The van der Waals surface area contributed by atoms with Crippen molar-refractivity contribution in [1.29, 1.82) is 0 Å². The van der Waals surface area contributed by atoms with Crippen molar-refractivity contribution in [2.75, 3.05) is 13.7 Å². The highest BCUT2D eigenvalue weighted by Crippen LogP contribution is 2.31. The number of carbonyl (C=O) groups excluding carboxylic acids is 1. The first kappa shape index (κ1) is 18.4. The Labute approximate surface area is 125 Å². The third-order valence-electron chi connectivity index (χ3n) is 2.83. The molecule has 22 heavy (non-hydrogen) atoms. The van der Waals surface area contributed by atoms with Gasteiger partial charge in [0.25, 0.3) is 0 Å². The molecule has 0 bridgehead atoms. The Balaban J connectivity index is 3.16. The standard InChI is InChI=1S/C12H15F3N2O4S/c1-7-5-8(12(13,14)15)3-4-10(7)22(20,21)17-9(6-18)11(19)16-2/h3-5,9,17-18H,6H2,1-2H3,(H,16,19)/t9-/m0/s1. The summed E-state index contributed by atoms with van der Waals surface area (Å²) in [5, 5.41) is 11.2. The number of rotatable bonds is 5. The van der Waals surface area contributed by atoms with Crippen molar-refractivity contribution in [3.8, 4) is 0 Å². The topological polar surface area (TPSA) is 95.5 Å². The zero-order valence-electron chi connectivity index (χ0n) is 11.7. The van der Waals surface area contributed by atoms with Gasteiger partial charge in [-0.05, 0) is 30.7 Å². The zero-order valence-corrected chi connectivity index (χ0v) is 12.5. The molecular formula is C12H15F3N2O4S. The summed E-state index contributed by atoms with van der Waals surface area (Å²) in [6, 6.07) is 0.702. The molecular weight excluding hydrogens is 325 g/mol. The highest BCUT2D eigenvalue weighted by molar-refractivity contribution is 7.89. The van der Waals surface area contributed by atoms with Crippen LogP contribution in [0.25, 0.3) is 0 Å². The number of nitrogens with one attached hydrogen (secondary N) is 2. The van der Waals surface area contributed by atoms with Gasteiger partial charge < -0.3 is 10.4 Å².